The molecule has 102 valence electrons. The second-order valence-corrected chi connectivity index (χ2v) is 5.12. The highest BCUT2D eigenvalue weighted by atomic mass is 16.5. The van der Waals surface area contributed by atoms with E-state index in [-0.39, 0.29) is 5.78 Å². The average Bonchev–Trinajstić information content (AvgIpc) is 2.93. The van der Waals surface area contributed by atoms with Gasteiger partial charge in [0.1, 0.15) is 5.75 Å². The number of hydrogen-bond acceptors (Lipinski definition) is 3. The minimum Gasteiger partial charge on any atom is -0.495 e. The number of nitrogens with two attached hydrogens (primary N) is 1. The second kappa shape index (κ2) is 5.00. The molecule has 0 atom stereocenters. The summed E-state index contributed by atoms with van der Waals surface area (Å²) in [5.74, 6) is 0.601. The van der Waals surface area contributed by atoms with Gasteiger partial charge in [-0.3, -0.25) is 4.79 Å². The van der Waals surface area contributed by atoms with E-state index >= 15 is 0 Å². The summed E-state index contributed by atoms with van der Waals surface area (Å²) >= 11 is 0. The molecule has 0 radical (unpaired) electrons. The molecule has 20 heavy (non-hydrogen) atoms. The van der Waals surface area contributed by atoms with Crippen LogP contribution in [-0.2, 0) is 12.8 Å². The minimum atomic E-state index is 0.00838. The molecular weight excluding hydrogens is 250 g/mol. The lowest BCUT2D eigenvalue weighted by atomic mass is 9.99. The molecule has 0 saturated heterocycles. The molecule has 3 heteroatoms. The van der Waals surface area contributed by atoms with Gasteiger partial charge in [0.15, 0.2) is 5.78 Å². The van der Waals surface area contributed by atoms with Gasteiger partial charge < -0.3 is 10.5 Å². The number of ketones is 1. The number of ether oxygens (including phenoxy) is 1. The van der Waals surface area contributed by atoms with Crippen molar-refractivity contribution in [1.29, 1.82) is 0 Å². The fourth-order valence-corrected chi connectivity index (χ4v) is 2.76. The van der Waals surface area contributed by atoms with Crippen LogP contribution in [0.15, 0.2) is 36.4 Å². The topological polar surface area (TPSA) is 52.3 Å². The summed E-state index contributed by atoms with van der Waals surface area (Å²) in [7, 11) is 1.56. The molecule has 0 fully saturated rings. The number of anilines is 1. The molecule has 0 aliphatic heterocycles. The van der Waals surface area contributed by atoms with E-state index in [0.717, 1.165) is 18.4 Å². The summed E-state index contributed by atoms with van der Waals surface area (Å²) in [6, 6.07) is 11.2. The molecule has 0 amide bonds. The van der Waals surface area contributed by atoms with Gasteiger partial charge in [-0.15, -0.1) is 0 Å². The second-order valence-electron chi connectivity index (χ2n) is 5.12. The molecule has 3 nitrogen and oxygen atoms in total. The monoisotopic (exact) mass is 267 g/mol. The first-order valence-electron chi connectivity index (χ1n) is 6.79. The quantitative estimate of drug-likeness (QED) is 0.687. The lowest BCUT2D eigenvalue weighted by molar-refractivity contribution is 0.103. The van der Waals surface area contributed by atoms with Gasteiger partial charge in [0.2, 0.25) is 0 Å². The van der Waals surface area contributed by atoms with Crippen molar-refractivity contribution in [2.24, 2.45) is 0 Å². The van der Waals surface area contributed by atoms with E-state index in [2.05, 4.69) is 6.07 Å². The molecule has 2 aromatic carbocycles. The summed E-state index contributed by atoms with van der Waals surface area (Å²) in [6.45, 7) is 0. The lowest BCUT2D eigenvalue weighted by Crippen LogP contribution is -2.04. The summed E-state index contributed by atoms with van der Waals surface area (Å²) in [6.07, 6.45) is 3.38. The number of rotatable bonds is 3. The number of fused-ring (bicyclic) bond motifs is 1. The van der Waals surface area contributed by atoms with Crippen LogP contribution < -0.4 is 10.5 Å². The first-order valence-corrected chi connectivity index (χ1v) is 6.79. The maximum Gasteiger partial charge on any atom is 0.193 e. The number of nitrogen functional groups attached to an aromatic ring is 1. The first kappa shape index (κ1) is 12.7. The smallest absolute Gasteiger partial charge is 0.193 e. The summed E-state index contributed by atoms with van der Waals surface area (Å²) < 4.78 is 5.11. The molecule has 0 saturated carbocycles. The van der Waals surface area contributed by atoms with E-state index in [1.807, 2.05) is 12.1 Å². The van der Waals surface area contributed by atoms with Crippen molar-refractivity contribution in [2.75, 3.05) is 12.8 Å². The predicted molar refractivity (Wildman–Crippen MR) is 79.3 cm³/mol. The number of carbonyl (C=O) groups excluding carboxylic acids is 1. The van der Waals surface area contributed by atoms with Crippen molar-refractivity contribution in [3.63, 3.8) is 0 Å². The van der Waals surface area contributed by atoms with Crippen LogP contribution in [0.2, 0.25) is 0 Å². The molecule has 2 N–H and O–H groups in total. The molecule has 2 aromatic rings. The summed E-state index contributed by atoms with van der Waals surface area (Å²) in [5.41, 5.74) is 10.4. The Bertz CT molecular complexity index is 677. The molecule has 0 aromatic heterocycles. The van der Waals surface area contributed by atoms with Crippen LogP contribution in [0.5, 0.6) is 5.75 Å². The lowest BCUT2D eigenvalue weighted by Gasteiger charge is -2.08. The number of methoxy groups -OCH3 is 1. The van der Waals surface area contributed by atoms with Crippen LogP contribution in [0.25, 0.3) is 0 Å². The third-order valence-corrected chi connectivity index (χ3v) is 3.85. The van der Waals surface area contributed by atoms with E-state index in [4.69, 9.17) is 10.5 Å². The highest BCUT2D eigenvalue weighted by molar-refractivity contribution is 6.09. The van der Waals surface area contributed by atoms with E-state index in [1.54, 1.807) is 25.3 Å². The third kappa shape index (κ3) is 2.16. The average molecular weight is 267 g/mol. The van der Waals surface area contributed by atoms with Gasteiger partial charge in [-0.25, -0.2) is 0 Å². The molecule has 0 bridgehead atoms. The van der Waals surface area contributed by atoms with Crippen molar-refractivity contribution < 1.29 is 9.53 Å². The highest BCUT2D eigenvalue weighted by Crippen LogP contribution is 2.26. The van der Waals surface area contributed by atoms with Gasteiger partial charge >= 0.3 is 0 Å². The summed E-state index contributed by atoms with van der Waals surface area (Å²) in [5, 5.41) is 0. The van der Waals surface area contributed by atoms with Crippen molar-refractivity contribution in [2.45, 2.75) is 19.3 Å². The van der Waals surface area contributed by atoms with E-state index in [1.165, 1.54) is 17.5 Å². The Hall–Kier alpha value is -2.29. The van der Waals surface area contributed by atoms with Crippen LogP contribution in [0, 0.1) is 0 Å². The predicted octanol–water partition coefficient (Wildman–Crippen LogP) is 3.00. The molecule has 1 aliphatic carbocycles. The largest absolute Gasteiger partial charge is 0.495 e. The highest BCUT2D eigenvalue weighted by Gasteiger charge is 2.15. The molecule has 0 spiro atoms. The molecule has 3 rings (SSSR count). The first-order chi connectivity index (χ1) is 9.69. The van der Waals surface area contributed by atoms with Crippen LogP contribution in [-0.4, -0.2) is 12.9 Å². The van der Waals surface area contributed by atoms with Crippen molar-refractivity contribution >= 4 is 11.5 Å². The van der Waals surface area contributed by atoms with Crippen molar-refractivity contribution in [1.82, 2.24) is 0 Å². The molecular formula is C17H17NO2. The Kier molecular flexibility index (Phi) is 3.18. The Morgan fingerprint density at radius 1 is 1.05 bits per heavy atom. The van der Waals surface area contributed by atoms with Gasteiger partial charge in [-0.2, -0.15) is 0 Å². The van der Waals surface area contributed by atoms with E-state index in [0.29, 0.717) is 17.0 Å². The van der Waals surface area contributed by atoms with Gasteiger partial charge in [0.05, 0.1) is 12.8 Å². The zero-order chi connectivity index (χ0) is 14.1. The standard InChI is InChI=1S/C17H17NO2/c1-20-16-8-7-14(10-15(16)18)17(19)13-6-5-11-3-2-4-12(11)9-13/h5-10H,2-4,18H2,1H3. The van der Waals surface area contributed by atoms with Crippen LogP contribution >= 0.6 is 0 Å². The van der Waals surface area contributed by atoms with Gasteiger partial charge in [-0.05, 0) is 54.7 Å². The molecule has 1 aliphatic rings. The Morgan fingerprint density at radius 2 is 1.75 bits per heavy atom. The number of hydrogen-bond donors (Lipinski definition) is 1. The van der Waals surface area contributed by atoms with Gasteiger partial charge in [-0.1, -0.05) is 12.1 Å². The van der Waals surface area contributed by atoms with Crippen LogP contribution in [0.4, 0.5) is 5.69 Å². The SMILES string of the molecule is COc1ccc(C(=O)c2ccc3c(c2)CCC3)cc1N. The molecule has 0 heterocycles. The van der Waals surface area contributed by atoms with Crippen LogP contribution in [0.1, 0.15) is 33.5 Å². The van der Waals surface area contributed by atoms with Crippen molar-refractivity contribution in [3.05, 3.63) is 58.7 Å². The normalized spacial score (nSPS) is 13.1. The van der Waals surface area contributed by atoms with Gasteiger partial charge in [0.25, 0.3) is 0 Å². The maximum atomic E-state index is 12.5. The maximum absolute atomic E-state index is 12.5. The van der Waals surface area contributed by atoms with E-state index in [9.17, 15) is 4.79 Å². The van der Waals surface area contributed by atoms with Gasteiger partial charge in [0, 0.05) is 11.1 Å². The Morgan fingerprint density at radius 3 is 2.50 bits per heavy atom. The fraction of sp³-hybridized carbons (Fsp3) is 0.235. The third-order valence-electron chi connectivity index (χ3n) is 3.85. The Labute approximate surface area is 118 Å². The summed E-state index contributed by atoms with van der Waals surface area (Å²) in [4.78, 5) is 12.5. The number of carbonyl (C=O) groups is 1. The zero-order valence-electron chi connectivity index (χ0n) is 11.5. The Balaban J connectivity index is 1.94. The minimum absolute atomic E-state index is 0.00838. The number of benzene rings is 2. The molecule has 0 unspecified atom stereocenters. The zero-order valence-corrected chi connectivity index (χ0v) is 11.5. The fourth-order valence-electron chi connectivity index (χ4n) is 2.76. The van der Waals surface area contributed by atoms with Crippen molar-refractivity contribution in [3.8, 4) is 5.75 Å². The van der Waals surface area contributed by atoms with E-state index < -0.39 is 0 Å². The van der Waals surface area contributed by atoms with Crippen LogP contribution in [0.3, 0.4) is 0 Å². The number of aryl methyl sites for hydroxylation is 2.